The molecule has 0 heterocycles. The van der Waals surface area contributed by atoms with Crippen LogP contribution in [0.3, 0.4) is 0 Å². The first-order valence-corrected chi connectivity index (χ1v) is 7.77. The highest BCUT2D eigenvalue weighted by Gasteiger charge is 2.19. The number of rotatable bonds is 6. The van der Waals surface area contributed by atoms with Gasteiger partial charge in [-0.2, -0.15) is 0 Å². The fourth-order valence-electron chi connectivity index (χ4n) is 2.22. The molecule has 0 aliphatic heterocycles. The number of benzene rings is 1. The highest BCUT2D eigenvalue weighted by Crippen LogP contribution is 2.22. The Morgan fingerprint density at radius 2 is 1.68 bits per heavy atom. The quantitative estimate of drug-likeness (QED) is 0.847. The molecule has 2 amide bonds. The molecule has 0 unspecified atom stereocenters. The number of amides is 2. The smallest absolute Gasteiger partial charge is 0.240 e. The minimum absolute atomic E-state index is 0.0904. The van der Waals surface area contributed by atoms with Crippen LogP contribution in [0.1, 0.15) is 52.2 Å². The summed E-state index contributed by atoms with van der Waals surface area (Å²) in [6, 6.07) is 7.44. The van der Waals surface area contributed by atoms with Crippen LogP contribution in [0.5, 0.6) is 0 Å². The molecule has 1 atom stereocenters. The van der Waals surface area contributed by atoms with E-state index < -0.39 is 11.9 Å². The molecule has 0 aromatic heterocycles. The average molecular weight is 304 g/mol. The van der Waals surface area contributed by atoms with E-state index in [1.165, 1.54) is 5.56 Å². The first kappa shape index (κ1) is 18.2. The van der Waals surface area contributed by atoms with Crippen LogP contribution in [-0.4, -0.2) is 17.9 Å². The van der Waals surface area contributed by atoms with Gasteiger partial charge in [-0.1, -0.05) is 58.9 Å². The molecular weight excluding hydrogens is 276 g/mol. The standard InChI is InChI=1S/C18H28N2O2/c1-12(2)10-16(21)20-15(17(19)22)11-13-6-8-14(9-7-13)18(3,4)5/h6-9,12,15H,10-11H2,1-5H3,(H2,19,22)(H,20,21)/t15-/m1/s1. The highest BCUT2D eigenvalue weighted by molar-refractivity contribution is 5.86. The van der Waals surface area contributed by atoms with E-state index in [-0.39, 0.29) is 17.2 Å². The Labute approximate surface area is 133 Å². The van der Waals surface area contributed by atoms with Crippen LogP contribution in [-0.2, 0) is 21.4 Å². The number of hydrogen-bond donors (Lipinski definition) is 2. The maximum Gasteiger partial charge on any atom is 0.240 e. The zero-order valence-electron chi connectivity index (χ0n) is 14.3. The topological polar surface area (TPSA) is 72.2 Å². The van der Waals surface area contributed by atoms with Crippen molar-refractivity contribution < 1.29 is 9.59 Å². The predicted molar refractivity (Wildman–Crippen MR) is 89.4 cm³/mol. The molecule has 22 heavy (non-hydrogen) atoms. The fraction of sp³-hybridized carbons (Fsp3) is 0.556. The first-order valence-electron chi connectivity index (χ1n) is 7.77. The van der Waals surface area contributed by atoms with Gasteiger partial charge in [0.2, 0.25) is 11.8 Å². The Bertz CT molecular complexity index is 513. The van der Waals surface area contributed by atoms with E-state index in [1.54, 1.807) is 0 Å². The highest BCUT2D eigenvalue weighted by atomic mass is 16.2. The van der Waals surface area contributed by atoms with Crippen molar-refractivity contribution in [3.05, 3.63) is 35.4 Å². The Balaban J connectivity index is 2.75. The molecule has 0 fully saturated rings. The molecular formula is C18H28N2O2. The number of primary amides is 1. The average Bonchev–Trinajstić information content (AvgIpc) is 2.36. The monoisotopic (exact) mass is 304 g/mol. The van der Waals surface area contributed by atoms with E-state index in [4.69, 9.17) is 5.73 Å². The van der Waals surface area contributed by atoms with Crippen LogP contribution in [0.4, 0.5) is 0 Å². The van der Waals surface area contributed by atoms with Crippen LogP contribution in [0.2, 0.25) is 0 Å². The van der Waals surface area contributed by atoms with Crippen molar-refractivity contribution in [2.45, 2.75) is 58.9 Å². The fourth-order valence-corrected chi connectivity index (χ4v) is 2.22. The van der Waals surface area contributed by atoms with Crippen LogP contribution in [0.25, 0.3) is 0 Å². The molecule has 0 radical (unpaired) electrons. The Hall–Kier alpha value is -1.84. The van der Waals surface area contributed by atoms with Gasteiger partial charge in [0.25, 0.3) is 0 Å². The van der Waals surface area contributed by atoms with Gasteiger partial charge in [0.05, 0.1) is 0 Å². The van der Waals surface area contributed by atoms with Gasteiger partial charge in [0, 0.05) is 12.8 Å². The minimum Gasteiger partial charge on any atom is -0.368 e. The summed E-state index contributed by atoms with van der Waals surface area (Å²) in [5.41, 5.74) is 7.72. The Kier molecular flexibility index (Phi) is 6.15. The summed E-state index contributed by atoms with van der Waals surface area (Å²) in [4.78, 5) is 23.4. The van der Waals surface area contributed by atoms with E-state index in [2.05, 4.69) is 38.2 Å². The molecule has 0 spiro atoms. The van der Waals surface area contributed by atoms with Crippen LogP contribution < -0.4 is 11.1 Å². The SMILES string of the molecule is CC(C)CC(=O)N[C@H](Cc1ccc(C(C)(C)C)cc1)C(N)=O. The van der Waals surface area contributed by atoms with Crippen molar-refractivity contribution in [2.75, 3.05) is 0 Å². The molecule has 0 aliphatic rings. The van der Waals surface area contributed by atoms with Crippen LogP contribution in [0, 0.1) is 5.92 Å². The summed E-state index contributed by atoms with van der Waals surface area (Å²) in [7, 11) is 0. The van der Waals surface area contributed by atoms with Crippen molar-refractivity contribution in [2.24, 2.45) is 11.7 Å². The molecule has 0 saturated carbocycles. The van der Waals surface area contributed by atoms with Gasteiger partial charge in [-0.05, 0) is 22.5 Å². The van der Waals surface area contributed by atoms with E-state index >= 15 is 0 Å². The molecule has 4 heteroatoms. The van der Waals surface area contributed by atoms with Gasteiger partial charge >= 0.3 is 0 Å². The van der Waals surface area contributed by atoms with Crippen molar-refractivity contribution >= 4 is 11.8 Å². The molecule has 0 bridgehead atoms. The summed E-state index contributed by atoms with van der Waals surface area (Å²) < 4.78 is 0. The third-order valence-electron chi connectivity index (χ3n) is 3.53. The molecule has 3 N–H and O–H groups in total. The largest absolute Gasteiger partial charge is 0.368 e. The lowest BCUT2D eigenvalue weighted by molar-refractivity contribution is -0.127. The van der Waals surface area contributed by atoms with Crippen molar-refractivity contribution in [1.29, 1.82) is 0 Å². The van der Waals surface area contributed by atoms with E-state index in [0.717, 1.165) is 5.56 Å². The number of hydrogen-bond acceptors (Lipinski definition) is 2. The summed E-state index contributed by atoms with van der Waals surface area (Å²) in [6.07, 6.45) is 0.816. The predicted octanol–water partition coefficient (Wildman–Crippen LogP) is 2.54. The lowest BCUT2D eigenvalue weighted by Gasteiger charge is -2.20. The van der Waals surface area contributed by atoms with Crippen molar-refractivity contribution in [1.82, 2.24) is 5.32 Å². The maximum atomic E-state index is 11.8. The molecule has 122 valence electrons. The zero-order chi connectivity index (χ0) is 16.9. The second-order valence-corrected chi connectivity index (χ2v) is 7.27. The Morgan fingerprint density at radius 3 is 2.09 bits per heavy atom. The van der Waals surface area contributed by atoms with Crippen molar-refractivity contribution in [3.8, 4) is 0 Å². The van der Waals surface area contributed by atoms with Crippen LogP contribution >= 0.6 is 0 Å². The lowest BCUT2D eigenvalue weighted by Crippen LogP contribution is -2.46. The number of carbonyl (C=O) groups excluding carboxylic acids is 2. The molecule has 1 aromatic carbocycles. The third-order valence-corrected chi connectivity index (χ3v) is 3.53. The van der Waals surface area contributed by atoms with E-state index in [1.807, 2.05) is 26.0 Å². The van der Waals surface area contributed by atoms with E-state index in [0.29, 0.717) is 12.8 Å². The van der Waals surface area contributed by atoms with Crippen LogP contribution in [0.15, 0.2) is 24.3 Å². The summed E-state index contributed by atoms with van der Waals surface area (Å²) in [5.74, 6) is -0.387. The van der Waals surface area contributed by atoms with Gasteiger partial charge in [-0.15, -0.1) is 0 Å². The molecule has 4 nitrogen and oxygen atoms in total. The van der Waals surface area contributed by atoms with Gasteiger partial charge < -0.3 is 11.1 Å². The van der Waals surface area contributed by atoms with Gasteiger partial charge in [0.15, 0.2) is 0 Å². The Morgan fingerprint density at radius 1 is 1.14 bits per heavy atom. The number of nitrogens with one attached hydrogen (secondary N) is 1. The van der Waals surface area contributed by atoms with Crippen molar-refractivity contribution in [3.63, 3.8) is 0 Å². The molecule has 0 saturated heterocycles. The maximum absolute atomic E-state index is 11.8. The first-order chi connectivity index (χ1) is 10.1. The second kappa shape index (κ2) is 7.43. The summed E-state index contributed by atoms with van der Waals surface area (Å²) in [6.45, 7) is 10.4. The molecule has 1 rings (SSSR count). The van der Waals surface area contributed by atoms with Gasteiger partial charge in [-0.25, -0.2) is 0 Å². The number of nitrogens with two attached hydrogens (primary N) is 1. The summed E-state index contributed by atoms with van der Waals surface area (Å²) >= 11 is 0. The normalized spacial score (nSPS) is 13.0. The number of carbonyl (C=O) groups is 2. The second-order valence-electron chi connectivity index (χ2n) is 7.27. The third kappa shape index (κ3) is 5.88. The lowest BCUT2D eigenvalue weighted by atomic mass is 9.86. The zero-order valence-corrected chi connectivity index (χ0v) is 14.3. The van der Waals surface area contributed by atoms with Gasteiger partial charge in [-0.3, -0.25) is 9.59 Å². The molecule has 1 aromatic rings. The van der Waals surface area contributed by atoms with Gasteiger partial charge in [0.1, 0.15) is 6.04 Å². The minimum atomic E-state index is -0.660. The van der Waals surface area contributed by atoms with E-state index in [9.17, 15) is 9.59 Å². The summed E-state index contributed by atoms with van der Waals surface area (Å²) in [5, 5.41) is 2.73. The molecule has 0 aliphatic carbocycles.